The largest absolute Gasteiger partial charge is 0.381 e. The SMILES string of the molecule is CCNCCCn1cc(S(=O)(=O)NC2CCOCC2)cn1. The van der Waals surface area contributed by atoms with Crippen LogP contribution in [-0.2, 0) is 21.3 Å². The smallest absolute Gasteiger partial charge is 0.243 e. The van der Waals surface area contributed by atoms with Crippen molar-refractivity contribution in [2.24, 2.45) is 0 Å². The summed E-state index contributed by atoms with van der Waals surface area (Å²) >= 11 is 0. The molecule has 0 unspecified atom stereocenters. The van der Waals surface area contributed by atoms with Gasteiger partial charge < -0.3 is 10.1 Å². The Hall–Kier alpha value is -0.960. The van der Waals surface area contributed by atoms with Crippen molar-refractivity contribution in [3.8, 4) is 0 Å². The summed E-state index contributed by atoms with van der Waals surface area (Å²) in [7, 11) is -3.48. The van der Waals surface area contributed by atoms with Crippen molar-refractivity contribution in [1.82, 2.24) is 19.8 Å². The fourth-order valence-corrected chi connectivity index (χ4v) is 3.51. The lowest BCUT2D eigenvalue weighted by molar-refractivity contribution is 0.0832. The highest BCUT2D eigenvalue weighted by Gasteiger charge is 2.23. The molecule has 21 heavy (non-hydrogen) atoms. The number of aromatic nitrogens is 2. The molecule has 2 heterocycles. The molecular formula is C13H24N4O3S. The molecule has 1 aliphatic rings. The molecule has 7 nitrogen and oxygen atoms in total. The van der Waals surface area contributed by atoms with Gasteiger partial charge in [0, 0.05) is 32.0 Å². The molecule has 8 heteroatoms. The van der Waals surface area contributed by atoms with Gasteiger partial charge in [-0.1, -0.05) is 6.92 Å². The lowest BCUT2D eigenvalue weighted by Gasteiger charge is -2.22. The van der Waals surface area contributed by atoms with E-state index in [1.807, 2.05) is 0 Å². The minimum atomic E-state index is -3.48. The molecule has 0 radical (unpaired) electrons. The Morgan fingerprint density at radius 2 is 2.19 bits per heavy atom. The van der Waals surface area contributed by atoms with Crippen molar-refractivity contribution >= 4 is 10.0 Å². The number of aryl methyl sites for hydroxylation is 1. The highest BCUT2D eigenvalue weighted by atomic mass is 32.2. The van der Waals surface area contributed by atoms with Crippen LogP contribution < -0.4 is 10.0 Å². The molecule has 0 aliphatic carbocycles. The van der Waals surface area contributed by atoms with Crippen LogP contribution in [0.25, 0.3) is 0 Å². The third-order valence-corrected chi connectivity index (χ3v) is 4.93. The average Bonchev–Trinajstić information content (AvgIpc) is 2.94. The van der Waals surface area contributed by atoms with Gasteiger partial charge in [0.25, 0.3) is 0 Å². The molecule has 0 saturated carbocycles. The number of ether oxygens (including phenoxy) is 1. The van der Waals surface area contributed by atoms with E-state index in [1.54, 1.807) is 10.9 Å². The molecule has 0 bridgehead atoms. The van der Waals surface area contributed by atoms with E-state index in [1.165, 1.54) is 6.20 Å². The molecule has 1 saturated heterocycles. The highest BCUT2D eigenvalue weighted by Crippen LogP contribution is 2.13. The predicted molar refractivity (Wildman–Crippen MR) is 79.6 cm³/mol. The third-order valence-electron chi connectivity index (χ3n) is 3.45. The first-order valence-corrected chi connectivity index (χ1v) is 8.93. The summed E-state index contributed by atoms with van der Waals surface area (Å²) < 4.78 is 34.2. The van der Waals surface area contributed by atoms with Gasteiger partial charge in [0.1, 0.15) is 4.90 Å². The van der Waals surface area contributed by atoms with Gasteiger partial charge in [-0.2, -0.15) is 5.10 Å². The number of sulfonamides is 1. The minimum Gasteiger partial charge on any atom is -0.381 e. The Morgan fingerprint density at radius 1 is 1.43 bits per heavy atom. The van der Waals surface area contributed by atoms with Gasteiger partial charge in [-0.25, -0.2) is 13.1 Å². The molecule has 2 N–H and O–H groups in total. The molecule has 1 aromatic heterocycles. The summed E-state index contributed by atoms with van der Waals surface area (Å²) in [5.74, 6) is 0. The topological polar surface area (TPSA) is 85.2 Å². The van der Waals surface area contributed by atoms with E-state index in [4.69, 9.17) is 4.74 Å². The van der Waals surface area contributed by atoms with Gasteiger partial charge in [0.15, 0.2) is 0 Å². The van der Waals surface area contributed by atoms with Crippen LogP contribution in [0.5, 0.6) is 0 Å². The fourth-order valence-electron chi connectivity index (χ4n) is 2.25. The van der Waals surface area contributed by atoms with Crippen LogP contribution in [0, 0.1) is 0 Å². The van der Waals surface area contributed by atoms with Crippen LogP contribution in [0.4, 0.5) is 0 Å². The maximum absolute atomic E-state index is 12.3. The van der Waals surface area contributed by atoms with Crippen LogP contribution in [0.2, 0.25) is 0 Å². The Labute approximate surface area is 126 Å². The molecule has 0 atom stereocenters. The maximum Gasteiger partial charge on any atom is 0.243 e. The molecule has 0 amide bonds. The van der Waals surface area contributed by atoms with E-state index in [0.29, 0.717) is 19.8 Å². The Balaban J connectivity index is 1.89. The van der Waals surface area contributed by atoms with Gasteiger partial charge in [-0.3, -0.25) is 4.68 Å². The zero-order valence-corrected chi connectivity index (χ0v) is 13.2. The highest BCUT2D eigenvalue weighted by molar-refractivity contribution is 7.89. The first-order valence-electron chi connectivity index (χ1n) is 7.45. The Bertz CT molecular complexity index is 523. The first-order chi connectivity index (χ1) is 10.1. The monoisotopic (exact) mass is 316 g/mol. The lowest BCUT2D eigenvalue weighted by Crippen LogP contribution is -2.38. The summed E-state index contributed by atoms with van der Waals surface area (Å²) in [4.78, 5) is 0.234. The lowest BCUT2D eigenvalue weighted by atomic mass is 10.1. The van der Waals surface area contributed by atoms with Gasteiger partial charge >= 0.3 is 0 Å². The molecule has 0 aromatic carbocycles. The fraction of sp³-hybridized carbons (Fsp3) is 0.769. The van der Waals surface area contributed by atoms with Gasteiger partial charge in [-0.15, -0.1) is 0 Å². The van der Waals surface area contributed by atoms with E-state index in [2.05, 4.69) is 22.1 Å². The van der Waals surface area contributed by atoms with E-state index in [-0.39, 0.29) is 10.9 Å². The van der Waals surface area contributed by atoms with Gasteiger partial charge in [-0.05, 0) is 32.4 Å². The van der Waals surface area contributed by atoms with Crippen molar-refractivity contribution in [3.05, 3.63) is 12.4 Å². The molecular weight excluding hydrogens is 292 g/mol. The second-order valence-electron chi connectivity index (χ2n) is 5.15. The van der Waals surface area contributed by atoms with Crippen LogP contribution in [0.1, 0.15) is 26.2 Å². The van der Waals surface area contributed by atoms with Gasteiger partial charge in [0.2, 0.25) is 10.0 Å². The Morgan fingerprint density at radius 3 is 2.90 bits per heavy atom. The van der Waals surface area contributed by atoms with Crippen LogP contribution in [0.15, 0.2) is 17.3 Å². The zero-order valence-electron chi connectivity index (χ0n) is 12.4. The molecule has 120 valence electrons. The molecule has 1 aliphatic heterocycles. The van der Waals surface area contributed by atoms with Crippen molar-refractivity contribution in [2.45, 2.75) is 43.7 Å². The van der Waals surface area contributed by atoms with E-state index in [9.17, 15) is 8.42 Å². The minimum absolute atomic E-state index is 0.0409. The van der Waals surface area contributed by atoms with Crippen LogP contribution in [0.3, 0.4) is 0 Å². The van der Waals surface area contributed by atoms with E-state index < -0.39 is 10.0 Å². The summed E-state index contributed by atoms with van der Waals surface area (Å²) in [6.07, 6.45) is 5.36. The number of rotatable bonds is 8. The summed E-state index contributed by atoms with van der Waals surface area (Å²) in [5, 5.41) is 7.34. The normalized spacial score (nSPS) is 17.2. The maximum atomic E-state index is 12.3. The number of nitrogens with one attached hydrogen (secondary N) is 2. The Kier molecular flexibility index (Phi) is 6.16. The van der Waals surface area contributed by atoms with E-state index in [0.717, 1.165) is 32.4 Å². The van der Waals surface area contributed by atoms with Crippen molar-refractivity contribution < 1.29 is 13.2 Å². The summed E-state index contributed by atoms with van der Waals surface area (Å²) in [6.45, 7) is 5.82. The molecule has 1 aromatic rings. The molecule has 2 rings (SSSR count). The standard InChI is InChI=1S/C13H24N4O3S/c1-2-14-6-3-7-17-11-13(10-15-17)21(18,19)16-12-4-8-20-9-5-12/h10-12,14,16H,2-9H2,1H3. The third kappa shape index (κ3) is 5.06. The zero-order chi connectivity index (χ0) is 15.1. The average molecular weight is 316 g/mol. The number of nitrogens with zero attached hydrogens (tertiary/aromatic N) is 2. The van der Waals surface area contributed by atoms with Crippen molar-refractivity contribution in [2.75, 3.05) is 26.3 Å². The number of hydrogen-bond acceptors (Lipinski definition) is 5. The molecule has 0 spiro atoms. The van der Waals surface area contributed by atoms with Crippen LogP contribution >= 0.6 is 0 Å². The van der Waals surface area contributed by atoms with E-state index >= 15 is 0 Å². The van der Waals surface area contributed by atoms with Crippen molar-refractivity contribution in [1.29, 1.82) is 0 Å². The van der Waals surface area contributed by atoms with Crippen molar-refractivity contribution in [3.63, 3.8) is 0 Å². The van der Waals surface area contributed by atoms with Crippen LogP contribution in [-0.4, -0.2) is 50.5 Å². The number of hydrogen-bond donors (Lipinski definition) is 2. The quantitative estimate of drug-likeness (QED) is 0.676. The second kappa shape index (κ2) is 7.88. The van der Waals surface area contributed by atoms with Gasteiger partial charge in [0.05, 0.1) is 6.20 Å². The summed E-state index contributed by atoms with van der Waals surface area (Å²) in [6, 6.07) is -0.0409. The predicted octanol–water partition coefficient (Wildman–Crippen LogP) is 0.340. The first kappa shape index (κ1) is 16.4. The summed E-state index contributed by atoms with van der Waals surface area (Å²) in [5.41, 5.74) is 0. The molecule has 1 fully saturated rings. The second-order valence-corrected chi connectivity index (χ2v) is 6.87.